The number of Topliss-reactive ketones (excluding diaryl/α,β-unsaturated/α-hetero) is 2. The molecule has 4 saturated carbocycles. The Kier molecular flexibility index (Phi) is 5.37. The molecule has 5 rings (SSSR count). The fraction of sp³-hybridized carbons (Fsp3) is 0.690. The lowest BCUT2D eigenvalue weighted by molar-refractivity contribution is -0.132. The number of hydrogen-bond donors (Lipinski definition) is 1. The highest BCUT2D eigenvalue weighted by molar-refractivity contribution is 7.80. The van der Waals surface area contributed by atoms with Gasteiger partial charge in [0, 0.05) is 41.4 Å². The molecule has 4 nitrogen and oxygen atoms in total. The maximum Gasteiger partial charge on any atom is 0.173 e. The monoisotopic (exact) mass is 480 g/mol. The van der Waals surface area contributed by atoms with Gasteiger partial charge < -0.3 is 10.2 Å². The number of nitrogens with one attached hydrogen (secondary N) is 1. The zero-order valence-corrected chi connectivity index (χ0v) is 22.4. The Hall–Kier alpha value is -1.75. The number of benzene rings is 1. The summed E-state index contributed by atoms with van der Waals surface area (Å²) < 4.78 is 0. The molecule has 184 valence electrons. The number of fused-ring (bicyclic) bond motifs is 4. The lowest BCUT2D eigenvalue weighted by atomic mass is 9.70. The van der Waals surface area contributed by atoms with Gasteiger partial charge >= 0.3 is 0 Å². The summed E-state index contributed by atoms with van der Waals surface area (Å²) in [7, 11) is 0. The van der Waals surface area contributed by atoms with Crippen LogP contribution in [0.4, 0.5) is 5.69 Å². The van der Waals surface area contributed by atoms with Crippen molar-refractivity contribution in [1.82, 2.24) is 4.90 Å². The van der Waals surface area contributed by atoms with Gasteiger partial charge in [-0.1, -0.05) is 59.7 Å². The Balaban J connectivity index is 1.43. The Morgan fingerprint density at radius 3 is 1.68 bits per heavy atom. The third-order valence-corrected chi connectivity index (χ3v) is 11.8. The molecule has 4 aliphatic rings. The van der Waals surface area contributed by atoms with Gasteiger partial charge in [-0.3, -0.25) is 9.59 Å². The molecule has 0 heterocycles. The zero-order valence-electron chi connectivity index (χ0n) is 21.6. The molecule has 0 aromatic heterocycles. The van der Waals surface area contributed by atoms with Crippen molar-refractivity contribution in [3.8, 4) is 0 Å². The summed E-state index contributed by atoms with van der Waals surface area (Å²) in [6.45, 7) is 14.6. The van der Waals surface area contributed by atoms with Crippen molar-refractivity contribution in [3.05, 3.63) is 30.3 Å². The largest absolute Gasteiger partial charge is 0.348 e. The fourth-order valence-electron chi connectivity index (χ4n) is 8.41. The van der Waals surface area contributed by atoms with Crippen LogP contribution >= 0.6 is 12.2 Å². The predicted octanol–water partition coefficient (Wildman–Crippen LogP) is 5.97. The number of rotatable bonds is 5. The molecule has 4 aliphatic carbocycles. The maximum atomic E-state index is 13.6. The first-order valence-corrected chi connectivity index (χ1v) is 13.4. The summed E-state index contributed by atoms with van der Waals surface area (Å²) in [5.41, 5.74) is 0.454. The molecule has 1 aromatic carbocycles. The second kappa shape index (κ2) is 7.62. The summed E-state index contributed by atoms with van der Waals surface area (Å²) in [6.07, 6.45) is 4.18. The van der Waals surface area contributed by atoms with Crippen molar-refractivity contribution in [2.24, 2.45) is 45.3 Å². The molecule has 4 bridgehead atoms. The summed E-state index contributed by atoms with van der Waals surface area (Å²) in [6, 6.07) is 9.97. The molecule has 6 atom stereocenters. The molecule has 5 heteroatoms. The first kappa shape index (κ1) is 24.0. The van der Waals surface area contributed by atoms with Gasteiger partial charge in [0.15, 0.2) is 5.11 Å². The quantitative estimate of drug-likeness (QED) is 0.526. The minimum atomic E-state index is -0.250. The maximum absolute atomic E-state index is 13.6. The van der Waals surface area contributed by atoms with E-state index in [1.54, 1.807) is 0 Å². The average molecular weight is 481 g/mol. The number of ketones is 2. The van der Waals surface area contributed by atoms with Crippen molar-refractivity contribution in [3.63, 3.8) is 0 Å². The van der Waals surface area contributed by atoms with Crippen LogP contribution in [-0.4, -0.2) is 34.7 Å². The highest BCUT2D eigenvalue weighted by Crippen LogP contribution is 2.67. The second-order valence-electron chi connectivity index (χ2n) is 13.0. The highest BCUT2D eigenvalue weighted by Gasteiger charge is 2.68. The molecule has 4 fully saturated rings. The minimum absolute atomic E-state index is 0.00656. The van der Waals surface area contributed by atoms with E-state index in [2.05, 4.69) is 51.8 Å². The highest BCUT2D eigenvalue weighted by atomic mass is 32.1. The van der Waals surface area contributed by atoms with E-state index >= 15 is 0 Å². The molecule has 0 spiro atoms. The Labute approximate surface area is 210 Å². The molecule has 0 aliphatic heterocycles. The van der Waals surface area contributed by atoms with E-state index in [-0.39, 0.29) is 33.5 Å². The van der Waals surface area contributed by atoms with Gasteiger partial charge in [0.25, 0.3) is 0 Å². The van der Waals surface area contributed by atoms with Gasteiger partial charge in [-0.05, 0) is 72.7 Å². The molecule has 1 aromatic rings. The number of thiocarbonyl (C=S) groups is 1. The third kappa shape index (κ3) is 3.04. The standard InChI is InChI=1S/C29H40N2O2S/c1-26(2)21-12-14-28(26,5)23(32)19(21)16-31(25(34)30-18-10-8-7-9-11-18)17-20-22-13-15-29(6,24(20)33)27(22,3)4/h7-11,19-22H,12-17H2,1-6H3,(H,30,34)/t19-,20-,21-,22+,28-,29+/m1/s1. The smallest absolute Gasteiger partial charge is 0.173 e. The van der Waals surface area contributed by atoms with Gasteiger partial charge in [0.2, 0.25) is 0 Å². The van der Waals surface area contributed by atoms with Gasteiger partial charge in [0.05, 0.1) is 0 Å². The normalized spacial score (nSPS) is 39.0. The Morgan fingerprint density at radius 2 is 1.29 bits per heavy atom. The van der Waals surface area contributed by atoms with E-state index in [1.165, 1.54) is 0 Å². The van der Waals surface area contributed by atoms with Crippen molar-refractivity contribution in [2.45, 2.75) is 67.2 Å². The summed E-state index contributed by atoms with van der Waals surface area (Å²) in [5, 5.41) is 4.03. The lowest BCUT2D eigenvalue weighted by Crippen LogP contribution is -2.47. The number of para-hydroxylation sites is 1. The molecule has 0 saturated heterocycles. The van der Waals surface area contributed by atoms with Gasteiger partial charge in [-0.15, -0.1) is 0 Å². The number of carbonyl (C=O) groups excluding carboxylic acids is 2. The molecular formula is C29H40N2O2S. The van der Waals surface area contributed by atoms with Crippen molar-refractivity contribution in [2.75, 3.05) is 18.4 Å². The predicted molar refractivity (Wildman–Crippen MR) is 140 cm³/mol. The molecule has 1 N–H and O–H groups in total. The first-order chi connectivity index (χ1) is 15.8. The number of anilines is 1. The Bertz CT molecular complexity index is 978. The van der Waals surface area contributed by atoms with Crippen molar-refractivity contribution >= 4 is 34.6 Å². The first-order valence-electron chi connectivity index (χ1n) is 13.0. The zero-order chi connectivity index (χ0) is 24.7. The lowest BCUT2D eigenvalue weighted by Gasteiger charge is -2.36. The van der Waals surface area contributed by atoms with Crippen LogP contribution in [0.3, 0.4) is 0 Å². The average Bonchev–Trinajstić information content (AvgIpc) is 3.26. The topological polar surface area (TPSA) is 49.4 Å². The van der Waals surface area contributed by atoms with Crippen molar-refractivity contribution in [1.29, 1.82) is 0 Å². The van der Waals surface area contributed by atoms with Crippen LogP contribution in [0.15, 0.2) is 30.3 Å². The van der Waals surface area contributed by atoms with Gasteiger partial charge in [-0.2, -0.15) is 0 Å². The van der Waals surface area contributed by atoms with Crippen LogP contribution in [0.5, 0.6) is 0 Å². The van der Waals surface area contributed by atoms with Crippen LogP contribution in [0.1, 0.15) is 67.2 Å². The second-order valence-corrected chi connectivity index (χ2v) is 13.4. The van der Waals surface area contributed by atoms with Crippen LogP contribution in [0.2, 0.25) is 0 Å². The van der Waals surface area contributed by atoms with Crippen molar-refractivity contribution < 1.29 is 9.59 Å². The number of hydrogen-bond acceptors (Lipinski definition) is 3. The van der Waals surface area contributed by atoms with Crippen LogP contribution in [0.25, 0.3) is 0 Å². The molecule has 34 heavy (non-hydrogen) atoms. The number of carbonyl (C=O) groups is 2. The van der Waals surface area contributed by atoms with Crippen LogP contribution in [0, 0.1) is 45.3 Å². The van der Waals surface area contributed by atoms with E-state index < -0.39 is 0 Å². The van der Waals surface area contributed by atoms with Crippen LogP contribution < -0.4 is 5.32 Å². The van der Waals surface area contributed by atoms with Gasteiger partial charge in [-0.25, -0.2) is 0 Å². The fourth-order valence-corrected chi connectivity index (χ4v) is 8.67. The van der Waals surface area contributed by atoms with E-state index in [0.717, 1.165) is 31.4 Å². The summed E-state index contributed by atoms with van der Waals surface area (Å²) >= 11 is 5.94. The minimum Gasteiger partial charge on any atom is -0.348 e. The van der Waals surface area contributed by atoms with E-state index in [4.69, 9.17) is 12.2 Å². The third-order valence-electron chi connectivity index (χ3n) is 11.5. The summed E-state index contributed by atoms with van der Waals surface area (Å²) in [4.78, 5) is 29.5. The molecule has 0 unspecified atom stereocenters. The van der Waals surface area contributed by atoms with Crippen LogP contribution in [-0.2, 0) is 9.59 Å². The van der Waals surface area contributed by atoms with E-state index in [0.29, 0.717) is 41.6 Å². The molecule has 0 radical (unpaired) electrons. The summed E-state index contributed by atoms with van der Waals surface area (Å²) in [5.74, 6) is 1.48. The van der Waals surface area contributed by atoms with Gasteiger partial charge in [0.1, 0.15) is 11.6 Å². The SMILES string of the molecule is CC1(C)[C@H]2CC[C@@]1(C)C(=O)[C@@H]2CN(C[C@H]1C(=O)[C@@]2(C)CC[C@H]1C2(C)C)C(=S)Nc1ccccc1. The Morgan fingerprint density at radius 1 is 0.853 bits per heavy atom. The number of nitrogens with zero attached hydrogens (tertiary/aromatic N) is 1. The van der Waals surface area contributed by atoms with E-state index in [1.807, 2.05) is 30.3 Å². The molecular weight excluding hydrogens is 440 g/mol. The molecule has 0 amide bonds. The van der Waals surface area contributed by atoms with E-state index in [9.17, 15) is 9.59 Å².